The van der Waals surface area contributed by atoms with Crippen LogP contribution in [0.3, 0.4) is 0 Å². The van der Waals surface area contributed by atoms with E-state index in [0.29, 0.717) is 0 Å². The van der Waals surface area contributed by atoms with Crippen molar-refractivity contribution >= 4 is 29.6 Å². The number of hydrogen-bond donors (Lipinski definition) is 1. The van der Waals surface area contributed by atoms with E-state index in [1.807, 2.05) is 30.3 Å². The van der Waals surface area contributed by atoms with Crippen molar-refractivity contribution in [1.29, 1.82) is 0 Å². The average Bonchev–Trinajstić information content (AvgIpc) is 2.60. The molecular formula is C19H17ClFNO3. The molecule has 0 aliphatic rings. The molecule has 2 aromatic carbocycles. The molecule has 25 heavy (non-hydrogen) atoms. The molecule has 6 heteroatoms. The molecule has 0 aromatic heterocycles. The Hall–Kier alpha value is -2.66. The third-order valence-corrected chi connectivity index (χ3v) is 3.71. The van der Waals surface area contributed by atoms with E-state index in [0.717, 1.165) is 5.56 Å². The lowest BCUT2D eigenvalue weighted by Crippen LogP contribution is -2.38. The minimum absolute atomic E-state index is 0.0972. The normalized spacial score (nSPS) is 12.0. The van der Waals surface area contributed by atoms with Gasteiger partial charge in [-0.25, -0.2) is 9.18 Å². The zero-order valence-electron chi connectivity index (χ0n) is 13.5. The lowest BCUT2D eigenvalue weighted by atomic mass is 10.2. The quantitative estimate of drug-likeness (QED) is 0.630. The molecule has 1 atom stereocenters. The molecule has 0 aliphatic heterocycles. The Labute approximate surface area is 150 Å². The molecule has 0 saturated heterocycles. The second kappa shape index (κ2) is 8.99. The van der Waals surface area contributed by atoms with Crippen molar-refractivity contribution in [2.24, 2.45) is 0 Å². The van der Waals surface area contributed by atoms with Crippen molar-refractivity contribution in [3.8, 4) is 0 Å². The van der Waals surface area contributed by atoms with Gasteiger partial charge in [-0.1, -0.05) is 48.0 Å². The number of ether oxygens (including phenoxy) is 1. The van der Waals surface area contributed by atoms with Crippen LogP contribution in [0.2, 0.25) is 5.02 Å². The fourth-order valence-corrected chi connectivity index (χ4v) is 2.21. The Morgan fingerprint density at radius 3 is 2.60 bits per heavy atom. The number of carbonyl (C=O) groups excluding carboxylic acids is 2. The molecule has 0 bridgehead atoms. The van der Waals surface area contributed by atoms with Gasteiger partial charge in [0.25, 0.3) is 0 Å². The zero-order chi connectivity index (χ0) is 18.2. The molecule has 2 aromatic rings. The molecule has 130 valence electrons. The van der Waals surface area contributed by atoms with Gasteiger partial charge in [-0.3, -0.25) is 4.79 Å². The zero-order valence-corrected chi connectivity index (χ0v) is 14.3. The van der Waals surface area contributed by atoms with Crippen molar-refractivity contribution < 1.29 is 18.7 Å². The highest BCUT2D eigenvalue weighted by Crippen LogP contribution is 2.19. The number of amides is 1. The lowest BCUT2D eigenvalue weighted by molar-refractivity contribution is -0.148. The summed E-state index contributed by atoms with van der Waals surface area (Å²) in [5.74, 6) is -1.67. The van der Waals surface area contributed by atoms with Crippen molar-refractivity contribution in [2.75, 3.05) is 0 Å². The molecule has 2 rings (SSSR count). The first-order valence-corrected chi connectivity index (χ1v) is 7.98. The molecule has 0 radical (unpaired) electrons. The van der Waals surface area contributed by atoms with E-state index >= 15 is 0 Å². The molecule has 0 spiro atoms. The van der Waals surface area contributed by atoms with Crippen molar-refractivity contribution in [1.82, 2.24) is 5.32 Å². The number of benzene rings is 2. The van der Waals surface area contributed by atoms with Crippen LogP contribution in [0.5, 0.6) is 0 Å². The lowest BCUT2D eigenvalue weighted by Gasteiger charge is -2.13. The smallest absolute Gasteiger partial charge is 0.328 e. The van der Waals surface area contributed by atoms with Gasteiger partial charge in [0.15, 0.2) is 0 Å². The fourth-order valence-electron chi connectivity index (χ4n) is 2.00. The van der Waals surface area contributed by atoms with E-state index in [1.165, 1.54) is 31.2 Å². The molecule has 0 fully saturated rings. The van der Waals surface area contributed by atoms with E-state index in [4.69, 9.17) is 16.3 Å². The molecule has 1 N–H and O–H groups in total. The van der Waals surface area contributed by atoms with Gasteiger partial charge in [-0.15, -0.1) is 0 Å². The van der Waals surface area contributed by atoms with Gasteiger partial charge < -0.3 is 10.1 Å². The Morgan fingerprint density at radius 1 is 1.20 bits per heavy atom. The molecular weight excluding hydrogens is 345 g/mol. The van der Waals surface area contributed by atoms with Crippen LogP contribution in [0.25, 0.3) is 6.08 Å². The van der Waals surface area contributed by atoms with Gasteiger partial charge in [0.1, 0.15) is 18.5 Å². The first-order chi connectivity index (χ1) is 12.0. The summed E-state index contributed by atoms with van der Waals surface area (Å²) in [6.45, 7) is 1.18. The molecule has 0 unspecified atom stereocenters. The van der Waals surface area contributed by atoms with Crippen LogP contribution in [-0.2, 0) is 20.9 Å². The minimum atomic E-state index is -0.876. The fraction of sp³-hybridized carbons (Fsp3) is 0.158. The molecule has 4 nitrogen and oxygen atoms in total. The van der Waals surface area contributed by atoms with Crippen molar-refractivity contribution in [3.63, 3.8) is 0 Å². The topological polar surface area (TPSA) is 55.4 Å². The second-order valence-corrected chi connectivity index (χ2v) is 5.69. The maximum Gasteiger partial charge on any atom is 0.328 e. The Balaban J connectivity index is 1.85. The minimum Gasteiger partial charge on any atom is -0.459 e. The summed E-state index contributed by atoms with van der Waals surface area (Å²) in [4.78, 5) is 23.7. The Bertz CT molecular complexity index is 757. The van der Waals surface area contributed by atoms with Gasteiger partial charge in [0, 0.05) is 11.6 Å². The Morgan fingerprint density at radius 2 is 1.92 bits per heavy atom. The standard InChI is InChI=1S/C19H17ClFNO3/c1-13(22-18(23)11-10-14-6-3-2-4-7-14)19(24)25-12-15-16(20)8-5-9-17(15)21/h2-11,13H,12H2,1H3,(H,22,23)/b11-10+/t13-/m0/s1. The van der Waals surface area contributed by atoms with Crippen LogP contribution < -0.4 is 5.32 Å². The highest BCUT2D eigenvalue weighted by atomic mass is 35.5. The van der Waals surface area contributed by atoms with Crippen LogP contribution in [-0.4, -0.2) is 17.9 Å². The van der Waals surface area contributed by atoms with Gasteiger partial charge in [-0.2, -0.15) is 0 Å². The van der Waals surface area contributed by atoms with E-state index in [2.05, 4.69) is 5.32 Å². The number of halogens is 2. The maximum atomic E-state index is 13.6. The van der Waals surface area contributed by atoms with E-state index in [9.17, 15) is 14.0 Å². The number of esters is 1. The molecule has 0 saturated carbocycles. The second-order valence-electron chi connectivity index (χ2n) is 5.28. The monoisotopic (exact) mass is 361 g/mol. The number of nitrogens with one attached hydrogen (secondary N) is 1. The van der Waals surface area contributed by atoms with Crippen LogP contribution in [0.1, 0.15) is 18.1 Å². The van der Waals surface area contributed by atoms with E-state index in [1.54, 1.807) is 6.08 Å². The van der Waals surface area contributed by atoms with Crippen LogP contribution in [0.15, 0.2) is 54.6 Å². The molecule has 1 amide bonds. The third-order valence-electron chi connectivity index (χ3n) is 3.36. The summed E-state index contributed by atoms with van der Waals surface area (Å²) in [5, 5.41) is 2.66. The number of carbonyl (C=O) groups is 2. The maximum absolute atomic E-state index is 13.6. The predicted molar refractivity (Wildman–Crippen MR) is 94.3 cm³/mol. The van der Waals surface area contributed by atoms with Crippen molar-refractivity contribution in [3.05, 3.63) is 76.6 Å². The Kier molecular flexibility index (Phi) is 6.71. The summed E-state index contributed by atoms with van der Waals surface area (Å²) >= 11 is 5.87. The molecule has 0 heterocycles. The highest BCUT2D eigenvalue weighted by Gasteiger charge is 2.17. The van der Waals surface area contributed by atoms with Crippen LogP contribution in [0.4, 0.5) is 4.39 Å². The van der Waals surface area contributed by atoms with Gasteiger partial charge in [0.05, 0.1) is 5.02 Å². The summed E-state index contributed by atoms with van der Waals surface area (Å²) in [7, 11) is 0. The summed E-state index contributed by atoms with van der Waals surface area (Å²) in [5.41, 5.74) is 0.960. The van der Waals surface area contributed by atoms with Gasteiger partial charge in [-0.05, 0) is 30.7 Å². The van der Waals surface area contributed by atoms with Gasteiger partial charge in [0.2, 0.25) is 5.91 Å². The SMILES string of the molecule is C[C@H](NC(=O)/C=C/c1ccccc1)C(=O)OCc1c(F)cccc1Cl. The molecule has 0 aliphatic carbocycles. The van der Waals surface area contributed by atoms with Crippen LogP contribution in [0, 0.1) is 5.82 Å². The number of hydrogen-bond acceptors (Lipinski definition) is 3. The largest absolute Gasteiger partial charge is 0.459 e. The number of rotatable bonds is 6. The van der Waals surface area contributed by atoms with E-state index in [-0.39, 0.29) is 17.2 Å². The first-order valence-electron chi connectivity index (χ1n) is 7.60. The van der Waals surface area contributed by atoms with Gasteiger partial charge >= 0.3 is 5.97 Å². The van der Waals surface area contributed by atoms with Crippen LogP contribution >= 0.6 is 11.6 Å². The third kappa shape index (κ3) is 5.72. The first kappa shape index (κ1) is 18.7. The van der Waals surface area contributed by atoms with E-state index < -0.39 is 23.7 Å². The predicted octanol–water partition coefficient (Wildman–Crippen LogP) is 3.74. The van der Waals surface area contributed by atoms with Crippen molar-refractivity contribution in [2.45, 2.75) is 19.6 Å². The summed E-state index contributed by atoms with van der Waals surface area (Å²) in [6, 6.07) is 12.6. The summed E-state index contributed by atoms with van der Waals surface area (Å²) < 4.78 is 18.6. The summed E-state index contributed by atoms with van der Waals surface area (Å²) in [6.07, 6.45) is 2.96. The highest BCUT2D eigenvalue weighted by molar-refractivity contribution is 6.31. The average molecular weight is 362 g/mol.